The van der Waals surface area contributed by atoms with Gasteiger partial charge in [-0.05, 0) is 25.7 Å². The maximum Gasteiger partial charge on any atom is 0.326 e. The molecule has 1 aliphatic rings. The molecule has 9 N–H and O–H groups in total. The Balaban J connectivity index is 2.60. The summed E-state index contributed by atoms with van der Waals surface area (Å²) in [5.41, 5.74) is 5.67. The van der Waals surface area contributed by atoms with E-state index in [0.29, 0.717) is 6.42 Å². The van der Waals surface area contributed by atoms with Crippen molar-refractivity contribution in [1.82, 2.24) is 26.2 Å². The van der Waals surface area contributed by atoms with Crippen LogP contribution in [0.3, 0.4) is 0 Å². The number of carbonyl (C=O) groups is 6. The lowest BCUT2D eigenvalue weighted by molar-refractivity contribution is -0.150. The van der Waals surface area contributed by atoms with Crippen molar-refractivity contribution < 1.29 is 44.1 Å². The number of nitrogens with two attached hydrogens (primary N) is 1. The number of carboxylic acids is 1. The number of likely N-dealkylation sites (tertiary alicyclic amines) is 1. The Morgan fingerprint density at radius 2 is 1.53 bits per heavy atom. The fourth-order valence-electron chi connectivity index (χ4n) is 3.40. The molecule has 1 fully saturated rings. The second-order valence-corrected chi connectivity index (χ2v) is 8.82. The molecule has 15 heteroatoms. The van der Waals surface area contributed by atoms with Crippen molar-refractivity contribution in [3.05, 3.63) is 0 Å². The molecule has 1 rings (SSSR count). The van der Waals surface area contributed by atoms with Crippen LogP contribution >= 0.6 is 0 Å². The number of carboxylic acid groups (broad SMARTS) is 1. The van der Waals surface area contributed by atoms with Crippen LogP contribution in [0.5, 0.6) is 0 Å². The molecular formula is C21H36N6O9. The number of aliphatic hydroxyl groups excluding tert-OH is 2. The van der Waals surface area contributed by atoms with Gasteiger partial charge < -0.3 is 47.2 Å². The Kier molecular flexibility index (Phi) is 12.2. The first-order valence-electron chi connectivity index (χ1n) is 11.5. The maximum atomic E-state index is 12.7. The summed E-state index contributed by atoms with van der Waals surface area (Å²) in [6, 6.07) is -4.76. The average molecular weight is 517 g/mol. The summed E-state index contributed by atoms with van der Waals surface area (Å²) in [6.45, 7) is 2.90. The van der Waals surface area contributed by atoms with Crippen LogP contribution in [-0.4, -0.2) is 112 Å². The Morgan fingerprint density at radius 1 is 0.972 bits per heavy atom. The van der Waals surface area contributed by atoms with Crippen molar-refractivity contribution in [2.24, 2.45) is 11.7 Å². The van der Waals surface area contributed by atoms with E-state index < -0.39 is 85.5 Å². The number of hydrogen-bond donors (Lipinski definition) is 8. The van der Waals surface area contributed by atoms with E-state index in [1.807, 2.05) is 0 Å². The molecule has 1 heterocycles. The monoisotopic (exact) mass is 516 g/mol. The minimum absolute atomic E-state index is 0.159. The van der Waals surface area contributed by atoms with Crippen LogP contribution in [-0.2, 0) is 28.8 Å². The normalized spacial score (nSPS) is 18.5. The van der Waals surface area contributed by atoms with Crippen molar-refractivity contribution in [3.63, 3.8) is 0 Å². The van der Waals surface area contributed by atoms with E-state index >= 15 is 0 Å². The van der Waals surface area contributed by atoms with Crippen molar-refractivity contribution in [2.45, 2.75) is 63.9 Å². The highest BCUT2D eigenvalue weighted by Crippen LogP contribution is 2.19. The third-order valence-electron chi connectivity index (χ3n) is 5.59. The summed E-state index contributed by atoms with van der Waals surface area (Å²) < 4.78 is 0. The van der Waals surface area contributed by atoms with Gasteiger partial charge in [0.15, 0.2) is 0 Å². The van der Waals surface area contributed by atoms with Gasteiger partial charge in [0.1, 0.15) is 18.1 Å². The van der Waals surface area contributed by atoms with E-state index in [0.717, 1.165) is 4.90 Å². The predicted molar refractivity (Wildman–Crippen MR) is 124 cm³/mol. The summed E-state index contributed by atoms with van der Waals surface area (Å²) in [7, 11) is 0. The molecule has 5 atom stereocenters. The molecule has 5 amide bonds. The Bertz CT molecular complexity index is 835. The highest BCUT2D eigenvalue weighted by molar-refractivity contribution is 5.94. The standard InChI is InChI=1S/C21H36N6O9/c1-10(2)16(22)19(33)24-7-14(30)25-12(9-28)18(32)23-8-15(31)26-17(11(3)29)20(34)27-6-4-5-13(27)21(35)36/h10-13,16-17,28-29H,4-9,22H2,1-3H3,(H,23,32)(H,24,33)(H,25,30)(H,26,31)(H,35,36)/t11-,12+,13+,16+,17+/m1/s1. The van der Waals surface area contributed by atoms with Gasteiger partial charge in [-0.25, -0.2) is 4.79 Å². The quantitative estimate of drug-likeness (QED) is 0.117. The first-order chi connectivity index (χ1) is 16.8. The zero-order valence-electron chi connectivity index (χ0n) is 20.5. The van der Waals surface area contributed by atoms with Gasteiger partial charge in [0.05, 0.1) is 31.8 Å². The first kappa shape index (κ1) is 30.7. The number of rotatable bonds is 13. The predicted octanol–water partition coefficient (Wildman–Crippen LogP) is -4.38. The minimum atomic E-state index is -1.44. The average Bonchev–Trinajstić information content (AvgIpc) is 3.32. The largest absolute Gasteiger partial charge is 0.480 e. The first-order valence-corrected chi connectivity index (χ1v) is 11.5. The van der Waals surface area contributed by atoms with Crippen LogP contribution in [0.2, 0.25) is 0 Å². The van der Waals surface area contributed by atoms with Crippen LogP contribution in [0.15, 0.2) is 0 Å². The summed E-state index contributed by atoms with van der Waals surface area (Å²) in [6.07, 6.45) is -0.641. The lowest BCUT2D eigenvalue weighted by Gasteiger charge is -2.28. The summed E-state index contributed by atoms with van der Waals surface area (Å²) in [4.78, 5) is 73.5. The third-order valence-corrected chi connectivity index (χ3v) is 5.59. The van der Waals surface area contributed by atoms with E-state index in [1.54, 1.807) is 13.8 Å². The molecule has 0 unspecified atom stereocenters. The van der Waals surface area contributed by atoms with Gasteiger partial charge in [-0.2, -0.15) is 0 Å². The fourth-order valence-corrected chi connectivity index (χ4v) is 3.40. The van der Waals surface area contributed by atoms with Gasteiger partial charge in [-0.3, -0.25) is 24.0 Å². The summed E-state index contributed by atoms with van der Waals surface area (Å²) in [5.74, 6) is -5.25. The van der Waals surface area contributed by atoms with Gasteiger partial charge in [0.25, 0.3) is 0 Å². The molecule has 0 saturated carbocycles. The molecule has 0 aromatic carbocycles. The number of nitrogens with zero attached hydrogens (tertiary/aromatic N) is 1. The molecule has 0 aliphatic carbocycles. The Labute approximate surface area is 208 Å². The van der Waals surface area contributed by atoms with E-state index in [-0.39, 0.29) is 18.9 Å². The van der Waals surface area contributed by atoms with Gasteiger partial charge in [0.2, 0.25) is 29.5 Å². The Hall–Kier alpha value is -3.30. The van der Waals surface area contributed by atoms with E-state index in [1.165, 1.54) is 6.92 Å². The second-order valence-electron chi connectivity index (χ2n) is 8.82. The highest BCUT2D eigenvalue weighted by atomic mass is 16.4. The van der Waals surface area contributed by atoms with E-state index in [9.17, 15) is 44.1 Å². The molecule has 0 radical (unpaired) electrons. The number of amides is 5. The van der Waals surface area contributed by atoms with Crippen molar-refractivity contribution >= 4 is 35.5 Å². The van der Waals surface area contributed by atoms with E-state index in [2.05, 4.69) is 21.3 Å². The SMILES string of the molecule is CC(C)[C@H](N)C(=O)NCC(=O)N[C@@H](CO)C(=O)NCC(=O)N[C@H](C(=O)N1CCC[C@H]1C(=O)O)[C@@H](C)O. The third kappa shape index (κ3) is 9.05. The van der Waals surface area contributed by atoms with Gasteiger partial charge in [0, 0.05) is 6.54 Å². The van der Waals surface area contributed by atoms with Crippen LogP contribution in [0.25, 0.3) is 0 Å². The van der Waals surface area contributed by atoms with Crippen LogP contribution in [0, 0.1) is 5.92 Å². The smallest absolute Gasteiger partial charge is 0.326 e. The van der Waals surface area contributed by atoms with Crippen LogP contribution < -0.4 is 27.0 Å². The van der Waals surface area contributed by atoms with Crippen LogP contribution in [0.4, 0.5) is 0 Å². The molecular weight excluding hydrogens is 480 g/mol. The van der Waals surface area contributed by atoms with Crippen LogP contribution in [0.1, 0.15) is 33.6 Å². The fraction of sp³-hybridized carbons (Fsp3) is 0.714. The van der Waals surface area contributed by atoms with Gasteiger partial charge in [-0.15, -0.1) is 0 Å². The molecule has 204 valence electrons. The van der Waals surface area contributed by atoms with Gasteiger partial charge >= 0.3 is 5.97 Å². The zero-order valence-corrected chi connectivity index (χ0v) is 20.5. The molecule has 0 spiro atoms. The minimum Gasteiger partial charge on any atom is -0.480 e. The second kappa shape index (κ2) is 14.3. The lowest BCUT2D eigenvalue weighted by Crippen LogP contribution is -2.58. The molecule has 0 aromatic rings. The number of nitrogens with one attached hydrogen (secondary N) is 4. The zero-order chi connectivity index (χ0) is 27.6. The van der Waals surface area contributed by atoms with Crippen molar-refractivity contribution in [2.75, 3.05) is 26.2 Å². The molecule has 1 aliphatic heterocycles. The number of carbonyl (C=O) groups excluding carboxylic acids is 5. The topological polar surface area (TPSA) is 240 Å². The Morgan fingerprint density at radius 3 is 2.03 bits per heavy atom. The van der Waals surface area contributed by atoms with Gasteiger partial charge in [-0.1, -0.05) is 13.8 Å². The maximum absolute atomic E-state index is 12.7. The number of hydrogen-bond acceptors (Lipinski definition) is 9. The molecule has 0 bridgehead atoms. The lowest BCUT2D eigenvalue weighted by atomic mass is 10.1. The molecule has 0 aromatic heterocycles. The number of aliphatic hydroxyl groups is 2. The summed E-state index contributed by atoms with van der Waals surface area (Å²) in [5, 5.41) is 37.6. The van der Waals surface area contributed by atoms with E-state index in [4.69, 9.17) is 5.73 Å². The summed E-state index contributed by atoms with van der Waals surface area (Å²) >= 11 is 0. The van der Waals surface area contributed by atoms with Crippen molar-refractivity contribution in [1.29, 1.82) is 0 Å². The van der Waals surface area contributed by atoms with Crippen molar-refractivity contribution in [3.8, 4) is 0 Å². The number of aliphatic carboxylic acids is 1. The molecule has 36 heavy (non-hydrogen) atoms. The highest BCUT2D eigenvalue weighted by Gasteiger charge is 2.39. The molecule has 15 nitrogen and oxygen atoms in total. The molecule has 1 saturated heterocycles.